The van der Waals surface area contributed by atoms with Gasteiger partial charge in [-0.2, -0.15) is 0 Å². The standard InChI is InChI=1S/C22H26N2O/c1-5-24-17(4)16(3)20-13-19(11-12-21(20)24)22(25)23-14-15(2)18-9-7-6-8-10-18/h6-13,15H,5,14H2,1-4H3,(H,23,25)/t15-/m1/s1. The van der Waals surface area contributed by atoms with Crippen molar-refractivity contribution in [3.8, 4) is 0 Å². The molecule has 0 bridgehead atoms. The summed E-state index contributed by atoms with van der Waals surface area (Å²) in [5.74, 6) is 0.282. The Morgan fingerprint density at radius 3 is 2.52 bits per heavy atom. The van der Waals surface area contributed by atoms with Gasteiger partial charge in [0.15, 0.2) is 0 Å². The van der Waals surface area contributed by atoms with Gasteiger partial charge in [0.05, 0.1) is 0 Å². The quantitative estimate of drug-likeness (QED) is 0.714. The van der Waals surface area contributed by atoms with Gasteiger partial charge >= 0.3 is 0 Å². The predicted molar refractivity (Wildman–Crippen MR) is 104 cm³/mol. The Balaban J connectivity index is 1.77. The molecule has 1 N–H and O–H groups in total. The lowest BCUT2D eigenvalue weighted by atomic mass is 10.0. The third-order valence-corrected chi connectivity index (χ3v) is 5.15. The van der Waals surface area contributed by atoms with E-state index >= 15 is 0 Å². The summed E-state index contributed by atoms with van der Waals surface area (Å²) in [4.78, 5) is 12.6. The number of amides is 1. The van der Waals surface area contributed by atoms with Gasteiger partial charge in [0.2, 0.25) is 0 Å². The average molecular weight is 334 g/mol. The molecular weight excluding hydrogens is 308 g/mol. The minimum atomic E-state index is -0.00835. The number of nitrogens with one attached hydrogen (secondary N) is 1. The number of rotatable bonds is 5. The normalized spacial score (nSPS) is 12.3. The van der Waals surface area contributed by atoms with Crippen LogP contribution in [-0.4, -0.2) is 17.0 Å². The van der Waals surface area contributed by atoms with Gasteiger partial charge in [-0.25, -0.2) is 0 Å². The minimum Gasteiger partial charge on any atom is -0.351 e. The summed E-state index contributed by atoms with van der Waals surface area (Å²) in [6, 6.07) is 16.3. The fourth-order valence-electron chi connectivity index (χ4n) is 3.45. The molecule has 2 aromatic carbocycles. The third kappa shape index (κ3) is 3.32. The first-order valence-electron chi connectivity index (χ1n) is 8.95. The SMILES string of the molecule is CCn1c(C)c(C)c2cc(C(=O)NC[C@@H](C)c3ccccc3)ccc21. The molecule has 0 saturated carbocycles. The number of hydrogen-bond acceptors (Lipinski definition) is 1. The van der Waals surface area contributed by atoms with E-state index < -0.39 is 0 Å². The van der Waals surface area contributed by atoms with E-state index in [1.54, 1.807) is 0 Å². The van der Waals surface area contributed by atoms with Gasteiger partial charge in [0.1, 0.15) is 0 Å². The molecule has 0 aliphatic carbocycles. The molecule has 25 heavy (non-hydrogen) atoms. The van der Waals surface area contributed by atoms with E-state index in [1.807, 2.05) is 30.3 Å². The van der Waals surface area contributed by atoms with Crippen LogP contribution in [0.25, 0.3) is 10.9 Å². The van der Waals surface area contributed by atoms with Crippen LogP contribution in [0.4, 0.5) is 0 Å². The molecule has 3 nitrogen and oxygen atoms in total. The largest absolute Gasteiger partial charge is 0.351 e. The molecule has 1 aromatic heterocycles. The number of nitrogens with zero attached hydrogens (tertiary/aromatic N) is 1. The first-order valence-corrected chi connectivity index (χ1v) is 8.95. The number of benzene rings is 2. The minimum absolute atomic E-state index is 0.00835. The van der Waals surface area contributed by atoms with Crippen LogP contribution in [0, 0.1) is 13.8 Å². The first kappa shape index (κ1) is 17.3. The van der Waals surface area contributed by atoms with Crippen molar-refractivity contribution in [2.45, 2.75) is 40.2 Å². The molecule has 130 valence electrons. The lowest BCUT2D eigenvalue weighted by molar-refractivity contribution is 0.0952. The van der Waals surface area contributed by atoms with Crippen LogP contribution in [-0.2, 0) is 6.54 Å². The summed E-state index contributed by atoms with van der Waals surface area (Å²) < 4.78 is 2.30. The van der Waals surface area contributed by atoms with Gasteiger partial charge in [0, 0.05) is 35.2 Å². The molecule has 1 heterocycles. The molecule has 0 aliphatic rings. The molecule has 0 fully saturated rings. The van der Waals surface area contributed by atoms with Gasteiger partial charge in [-0.3, -0.25) is 4.79 Å². The molecule has 3 aromatic rings. The summed E-state index contributed by atoms with van der Waals surface area (Å²) in [5.41, 5.74) is 5.69. The maximum atomic E-state index is 12.6. The van der Waals surface area contributed by atoms with Crippen molar-refractivity contribution in [1.82, 2.24) is 9.88 Å². The molecule has 0 aliphatic heterocycles. The molecule has 0 unspecified atom stereocenters. The lowest BCUT2D eigenvalue weighted by Crippen LogP contribution is -2.27. The van der Waals surface area contributed by atoms with Crippen LogP contribution in [0.5, 0.6) is 0 Å². The molecule has 0 radical (unpaired) electrons. The summed E-state index contributed by atoms with van der Waals surface area (Å²) >= 11 is 0. The zero-order chi connectivity index (χ0) is 18.0. The van der Waals surface area contributed by atoms with Crippen LogP contribution in [0.3, 0.4) is 0 Å². The van der Waals surface area contributed by atoms with Crippen LogP contribution in [0.15, 0.2) is 48.5 Å². The van der Waals surface area contributed by atoms with E-state index in [-0.39, 0.29) is 5.91 Å². The molecule has 3 heteroatoms. The Kier molecular flexibility index (Phi) is 4.93. The average Bonchev–Trinajstić information content (AvgIpc) is 2.90. The van der Waals surface area contributed by atoms with Gasteiger partial charge in [-0.15, -0.1) is 0 Å². The molecule has 3 rings (SSSR count). The van der Waals surface area contributed by atoms with E-state index in [4.69, 9.17) is 0 Å². The van der Waals surface area contributed by atoms with Crippen molar-refractivity contribution < 1.29 is 4.79 Å². The Labute approximate surface area is 149 Å². The maximum Gasteiger partial charge on any atom is 0.251 e. The van der Waals surface area contributed by atoms with Crippen molar-refractivity contribution in [3.05, 3.63) is 70.9 Å². The monoisotopic (exact) mass is 334 g/mol. The number of hydrogen-bond donors (Lipinski definition) is 1. The van der Waals surface area contributed by atoms with Crippen LogP contribution < -0.4 is 5.32 Å². The fourth-order valence-corrected chi connectivity index (χ4v) is 3.45. The van der Waals surface area contributed by atoms with Gasteiger partial charge < -0.3 is 9.88 Å². The van der Waals surface area contributed by atoms with E-state index in [1.165, 1.54) is 27.7 Å². The van der Waals surface area contributed by atoms with Gasteiger partial charge in [-0.05, 0) is 56.0 Å². The van der Waals surface area contributed by atoms with Crippen molar-refractivity contribution >= 4 is 16.8 Å². The van der Waals surface area contributed by atoms with Crippen molar-refractivity contribution in [3.63, 3.8) is 0 Å². The number of carbonyl (C=O) groups excluding carboxylic acids is 1. The van der Waals surface area contributed by atoms with Crippen LogP contribution >= 0.6 is 0 Å². The maximum absolute atomic E-state index is 12.6. The van der Waals surface area contributed by atoms with Crippen LogP contribution in [0.1, 0.15) is 46.9 Å². The van der Waals surface area contributed by atoms with Crippen molar-refractivity contribution in [2.75, 3.05) is 6.54 Å². The third-order valence-electron chi connectivity index (χ3n) is 5.15. The molecule has 0 spiro atoms. The number of aromatic nitrogens is 1. The predicted octanol–water partition coefficient (Wildman–Crippen LogP) is 4.81. The summed E-state index contributed by atoms with van der Waals surface area (Å²) in [6.07, 6.45) is 0. The van der Waals surface area contributed by atoms with Crippen molar-refractivity contribution in [2.24, 2.45) is 0 Å². The second-order valence-corrected chi connectivity index (χ2v) is 6.71. The molecule has 1 atom stereocenters. The Morgan fingerprint density at radius 1 is 1.12 bits per heavy atom. The molecular formula is C22H26N2O. The zero-order valence-electron chi connectivity index (χ0n) is 15.5. The Hall–Kier alpha value is -2.55. The van der Waals surface area contributed by atoms with Gasteiger partial charge in [-0.1, -0.05) is 37.3 Å². The molecule has 0 saturated heterocycles. The van der Waals surface area contributed by atoms with E-state index in [0.29, 0.717) is 12.5 Å². The highest BCUT2D eigenvalue weighted by Crippen LogP contribution is 2.26. The first-order chi connectivity index (χ1) is 12.0. The Morgan fingerprint density at radius 2 is 1.84 bits per heavy atom. The second-order valence-electron chi connectivity index (χ2n) is 6.71. The molecule has 1 amide bonds. The number of fused-ring (bicyclic) bond motifs is 1. The summed E-state index contributed by atoms with van der Waals surface area (Å²) in [7, 11) is 0. The van der Waals surface area contributed by atoms with E-state index in [9.17, 15) is 4.79 Å². The Bertz CT molecular complexity index is 893. The topological polar surface area (TPSA) is 34.0 Å². The van der Waals surface area contributed by atoms with E-state index in [2.05, 4.69) is 55.8 Å². The summed E-state index contributed by atoms with van der Waals surface area (Å²) in [5, 5.41) is 4.24. The number of carbonyl (C=O) groups is 1. The lowest BCUT2D eigenvalue weighted by Gasteiger charge is -2.13. The van der Waals surface area contributed by atoms with Crippen LogP contribution in [0.2, 0.25) is 0 Å². The second kappa shape index (κ2) is 7.14. The fraction of sp³-hybridized carbons (Fsp3) is 0.318. The zero-order valence-corrected chi connectivity index (χ0v) is 15.5. The summed E-state index contributed by atoms with van der Waals surface area (Å²) in [6.45, 7) is 10.1. The number of aryl methyl sites for hydroxylation is 2. The van der Waals surface area contributed by atoms with Crippen molar-refractivity contribution in [1.29, 1.82) is 0 Å². The van der Waals surface area contributed by atoms with Gasteiger partial charge in [0.25, 0.3) is 5.91 Å². The highest BCUT2D eigenvalue weighted by atomic mass is 16.1. The highest BCUT2D eigenvalue weighted by molar-refractivity contribution is 5.99. The van der Waals surface area contributed by atoms with E-state index in [0.717, 1.165) is 12.1 Å². The smallest absolute Gasteiger partial charge is 0.251 e. The highest BCUT2D eigenvalue weighted by Gasteiger charge is 2.14.